The van der Waals surface area contributed by atoms with Crippen molar-refractivity contribution in [3.8, 4) is 5.75 Å². The minimum Gasteiger partial charge on any atom is -0.456 e. The summed E-state index contributed by atoms with van der Waals surface area (Å²) < 4.78 is 11.3. The van der Waals surface area contributed by atoms with Crippen LogP contribution in [0.1, 0.15) is 30.7 Å². The smallest absolute Gasteiger partial charge is 0.219 e. The molecule has 2 rings (SSSR count). The van der Waals surface area contributed by atoms with Crippen molar-refractivity contribution in [3.63, 3.8) is 0 Å². The number of rotatable bonds is 1. The standard InChI is InChI=1S/C11H15NO3/c1-7-10-9(8(5-13)4-12-7)6-14-11(2,3)15-10/h4,13H,5-6H2,1-3H3/p+1. The molecule has 4 nitrogen and oxygen atoms in total. The van der Waals surface area contributed by atoms with Crippen LogP contribution in [0.2, 0.25) is 0 Å². The third kappa shape index (κ3) is 1.82. The molecule has 1 aromatic heterocycles. The fraction of sp³-hybridized carbons (Fsp3) is 0.545. The first kappa shape index (κ1) is 10.4. The summed E-state index contributed by atoms with van der Waals surface area (Å²) in [5.41, 5.74) is 2.72. The van der Waals surface area contributed by atoms with Gasteiger partial charge in [-0.3, -0.25) is 0 Å². The topological polar surface area (TPSA) is 52.8 Å². The highest BCUT2D eigenvalue weighted by molar-refractivity contribution is 5.39. The van der Waals surface area contributed by atoms with E-state index in [4.69, 9.17) is 9.47 Å². The average Bonchev–Trinajstić information content (AvgIpc) is 2.18. The lowest BCUT2D eigenvalue weighted by Crippen LogP contribution is -2.37. The summed E-state index contributed by atoms with van der Waals surface area (Å²) >= 11 is 0. The Hall–Kier alpha value is -1.13. The molecular formula is C11H16NO3+. The molecule has 0 unspecified atom stereocenters. The van der Waals surface area contributed by atoms with E-state index >= 15 is 0 Å². The van der Waals surface area contributed by atoms with Gasteiger partial charge in [0, 0.05) is 26.3 Å². The normalized spacial score (nSPS) is 18.1. The van der Waals surface area contributed by atoms with Crippen molar-refractivity contribution in [2.75, 3.05) is 0 Å². The zero-order chi connectivity index (χ0) is 11.1. The van der Waals surface area contributed by atoms with E-state index in [2.05, 4.69) is 4.98 Å². The van der Waals surface area contributed by atoms with Gasteiger partial charge in [-0.05, 0) is 0 Å². The molecule has 0 aliphatic carbocycles. The zero-order valence-electron chi connectivity index (χ0n) is 9.26. The first-order valence-electron chi connectivity index (χ1n) is 5.00. The molecule has 4 heteroatoms. The molecule has 2 N–H and O–H groups in total. The molecule has 82 valence electrons. The van der Waals surface area contributed by atoms with Crippen LogP contribution in [0.25, 0.3) is 0 Å². The van der Waals surface area contributed by atoms with Crippen LogP contribution >= 0.6 is 0 Å². The SMILES string of the molecule is Cc1[nH+]cc(CO)c2c1OC(C)(C)OC2. The van der Waals surface area contributed by atoms with Crippen molar-refractivity contribution in [2.45, 2.75) is 39.8 Å². The van der Waals surface area contributed by atoms with E-state index in [1.165, 1.54) is 0 Å². The van der Waals surface area contributed by atoms with E-state index in [0.29, 0.717) is 6.61 Å². The summed E-state index contributed by atoms with van der Waals surface area (Å²) in [4.78, 5) is 3.08. The molecule has 1 aliphatic rings. The van der Waals surface area contributed by atoms with Crippen LogP contribution in [0.15, 0.2) is 6.20 Å². The number of aromatic amines is 1. The predicted octanol–water partition coefficient (Wildman–Crippen LogP) is 0.947. The summed E-state index contributed by atoms with van der Waals surface area (Å²) in [5.74, 6) is 0.206. The maximum absolute atomic E-state index is 9.18. The average molecular weight is 210 g/mol. The molecule has 0 saturated heterocycles. The number of hydrogen-bond acceptors (Lipinski definition) is 3. The Morgan fingerprint density at radius 3 is 2.93 bits per heavy atom. The Bertz CT molecular complexity index is 388. The van der Waals surface area contributed by atoms with Crippen LogP contribution in [0.3, 0.4) is 0 Å². The van der Waals surface area contributed by atoms with Crippen LogP contribution in [0, 0.1) is 6.92 Å². The summed E-state index contributed by atoms with van der Waals surface area (Å²) in [6.45, 7) is 6.17. The lowest BCUT2D eigenvalue weighted by molar-refractivity contribution is -0.392. The molecule has 0 amide bonds. The van der Waals surface area contributed by atoms with Crippen molar-refractivity contribution >= 4 is 0 Å². The van der Waals surface area contributed by atoms with Crippen LogP contribution in [0.5, 0.6) is 5.75 Å². The Morgan fingerprint density at radius 2 is 2.27 bits per heavy atom. The summed E-state index contributed by atoms with van der Waals surface area (Å²) in [5, 5.41) is 9.18. The molecule has 0 aromatic carbocycles. The summed E-state index contributed by atoms with van der Waals surface area (Å²) in [7, 11) is 0. The minimum absolute atomic E-state index is 0.00768. The molecule has 15 heavy (non-hydrogen) atoms. The highest BCUT2D eigenvalue weighted by Crippen LogP contribution is 2.33. The van der Waals surface area contributed by atoms with Gasteiger partial charge in [0.1, 0.15) is 0 Å². The van der Waals surface area contributed by atoms with Crippen LogP contribution in [-0.4, -0.2) is 10.9 Å². The van der Waals surface area contributed by atoms with Crippen molar-refractivity contribution in [2.24, 2.45) is 0 Å². The quantitative estimate of drug-likeness (QED) is 0.750. The van der Waals surface area contributed by atoms with Crippen molar-refractivity contribution in [1.82, 2.24) is 0 Å². The van der Waals surface area contributed by atoms with Crippen LogP contribution < -0.4 is 9.72 Å². The van der Waals surface area contributed by atoms with E-state index in [1.54, 1.807) is 6.20 Å². The van der Waals surface area contributed by atoms with Gasteiger partial charge in [-0.15, -0.1) is 0 Å². The van der Waals surface area contributed by atoms with E-state index in [9.17, 15) is 5.11 Å². The largest absolute Gasteiger partial charge is 0.456 e. The number of H-pyrrole nitrogens is 1. The van der Waals surface area contributed by atoms with Gasteiger partial charge in [-0.25, -0.2) is 4.98 Å². The van der Waals surface area contributed by atoms with Gasteiger partial charge in [-0.1, -0.05) is 0 Å². The molecular weight excluding hydrogens is 194 g/mol. The molecule has 0 bridgehead atoms. The number of hydrogen-bond donors (Lipinski definition) is 1. The second kappa shape index (κ2) is 3.47. The van der Waals surface area contributed by atoms with Crippen molar-refractivity contribution in [1.29, 1.82) is 0 Å². The predicted molar refractivity (Wildman–Crippen MR) is 53.2 cm³/mol. The van der Waals surface area contributed by atoms with E-state index in [-0.39, 0.29) is 6.61 Å². The van der Waals surface area contributed by atoms with Crippen LogP contribution in [-0.2, 0) is 18.0 Å². The monoisotopic (exact) mass is 210 g/mol. The Morgan fingerprint density at radius 1 is 1.53 bits per heavy atom. The molecule has 2 heterocycles. The Balaban J connectivity index is 2.50. The lowest BCUT2D eigenvalue weighted by Gasteiger charge is -2.32. The van der Waals surface area contributed by atoms with Crippen LogP contribution in [0.4, 0.5) is 0 Å². The van der Waals surface area contributed by atoms with Gasteiger partial charge in [0.2, 0.25) is 11.5 Å². The number of nitrogens with one attached hydrogen (secondary N) is 1. The maximum atomic E-state index is 9.18. The molecule has 0 radical (unpaired) electrons. The number of aliphatic hydroxyl groups is 1. The number of fused-ring (bicyclic) bond motifs is 1. The number of aromatic nitrogens is 1. The molecule has 0 saturated carbocycles. The number of aliphatic hydroxyl groups excluding tert-OH is 1. The maximum Gasteiger partial charge on any atom is 0.219 e. The van der Waals surface area contributed by atoms with Crippen molar-refractivity contribution < 1.29 is 19.6 Å². The van der Waals surface area contributed by atoms with Gasteiger partial charge in [0.15, 0.2) is 11.9 Å². The minimum atomic E-state index is -0.598. The van der Waals surface area contributed by atoms with E-state index in [0.717, 1.165) is 22.6 Å². The number of pyridine rings is 1. The number of ether oxygens (including phenoxy) is 2. The molecule has 1 aromatic rings. The Kier molecular flexibility index (Phi) is 2.40. The van der Waals surface area contributed by atoms with Gasteiger partial charge in [0.25, 0.3) is 0 Å². The highest BCUT2D eigenvalue weighted by atomic mass is 16.7. The Labute approximate surface area is 88.9 Å². The summed E-state index contributed by atoms with van der Waals surface area (Å²) in [6.07, 6.45) is 1.79. The van der Waals surface area contributed by atoms with Gasteiger partial charge >= 0.3 is 0 Å². The number of aryl methyl sites for hydroxylation is 1. The van der Waals surface area contributed by atoms with Gasteiger partial charge in [-0.2, -0.15) is 0 Å². The first-order chi connectivity index (χ1) is 7.03. The summed E-state index contributed by atoms with van der Waals surface area (Å²) in [6, 6.07) is 0. The second-order valence-corrected chi connectivity index (χ2v) is 4.20. The van der Waals surface area contributed by atoms with Gasteiger partial charge in [0.05, 0.1) is 18.8 Å². The van der Waals surface area contributed by atoms with E-state index in [1.807, 2.05) is 20.8 Å². The molecule has 1 aliphatic heterocycles. The molecule has 0 spiro atoms. The molecule has 0 atom stereocenters. The fourth-order valence-electron chi connectivity index (χ4n) is 1.68. The second-order valence-electron chi connectivity index (χ2n) is 4.20. The third-order valence-electron chi connectivity index (χ3n) is 2.55. The zero-order valence-corrected chi connectivity index (χ0v) is 9.26. The first-order valence-corrected chi connectivity index (χ1v) is 5.00. The highest BCUT2D eigenvalue weighted by Gasteiger charge is 2.32. The lowest BCUT2D eigenvalue weighted by atomic mass is 10.1. The fourth-order valence-corrected chi connectivity index (χ4v) is 1.68. The van der Waals surface area contributed by atoms with E-state index < -0.39 is 5.79 Å². The molecule has 0 fully saturated rings. The van der Waals surface area contributed by atoms with Gasteiger partial charge < -0.3 is 14.6 Å². The third-order valence-corrected chi connectivity index (χ3v) is 2.55. The van der Waals surface area contributed by atoms with Crippen molar-refractivity contribution in [3.05, 3.63) is 23.0 Å².